The monoisotopic (exact) mass is 320 g/mol. The Balaban J connectivity index is 3.02. The summed E-state index contributed by atoms with van der Waals surface area (Å²) in [5, 5.41) is 0. The average molecular weight is 321 g/mol. The highest BCUT2D eigenvalue weighted by molar-refractivity contribution is 6.48. The van der Waals surface area contributed by atoms with E-state index in [1.54, 1.807) is 0 Å². The molecular weight excluding hydrogens is 286 g/mol. The Morgan fingerprint density at radius 3 is 2.09 bits per heavy atom. The Bertz CT molecular complexity index is 483. The number of hydrogen-bond donors (Lipinski definition) is 1. The second kappa shape index (κ2) is 7.18. The highest BCUT2D eigenvalue weighted by atomic mass is 28.3. The molecule has 1 atom stereocenters. The molecule has 0 heterocycles. The predicted octanol–water partition coefficient (Wildman–Crippen LogP) is 5.70. The van der Waals surface area contributed by atoms with Gasteiger partial charge in [-0.3, -0.25) is 0 Å². The normalized spacial score (nSPS) is 14.4. The van der Waals surface area contributed by atoms with E-state index in [0.29, 0.717) is 5.41 Å². The quantitative estimate of drug-likeness (QED) is 0.558. The van der Waals surface area contributed by atoms with Gasteiger partial charge in [-0.2, -0.15) is 0 Å². The molecule has 0 amide bonds. The fraction of sp³-hybridized carbons (Fsp3) is 0.684. The lowest BCUT2D eigenvalue weighted by Gasteiger charge is -2.27. The van der Waals surface area contributed by atoms with Crippen molar-refractivity contribution in [3.8, 4) is 0 Å². The van der Waals surface area contributed by atoms with Gasteiger partial charge in [-0.1, -0.05) is 53.7 Å². The van der Waals surface area contributed by atoms with Crippen LogP contribution in [0.15, 0.2) is 18.2 Å². The second-order valence-corrected chi connectivity index (χ2v) is 10.8. The Hall–Kier alpha value is -0.803. The molecule has 0 fully saturated rings. The third-order valence-corrected chi connectivity index (χ3v) is 4.55. The van der Waals surface area contributed by atoms with E-state index in [4.69, 9.17) is 10.2 Å². The molecule has 1 unspecified atom stereocenters. The van der Waals surface area contributed by atoms with Crippen molar-refractivity contribution in [3.63, 3.8) is 0 Å². The summed E-state index contributed by atoms with van der Waals surface area (Å²) in [6.45, 7) is 17.8. The standard InChI is InChI=1S/C19H34NOSi/c1-18(2,3)12-11-17(21-22(7)8)14-9-10-15(16(20)13-14)19(4,5)6/h9-10,13,17H,11-12,20H2,1-8H3. The maximum Gasteiger partial charge on any atom is 0.205 e. The Labute approximate surface area is 139 Å². The van der Waals surface area contributed by atoms with E-state index in [2.05, 4.69) is 72.8 Å². The van der Waals surface area contributed by atoms with Gasteiger partial charge in [0.1, 0.15) is 0 Å². The van der Waals surface area contributed by atoms with E-state index >= 15 is 0 Å². The zero-order valence-corrected chi connectivity index (χ0v) is 16.7. The molecule has 1 aromatic rings. The summed E-state index contributed by atoms with van der Waals surface area (Å²) >= 11 is 0. The van der Waals surface area contributed by atoms with Crippen LogP contribution in [0, 0.1) is 5.41 Å². The van der Waals surface area contributed by atoms with Crippen molar-refractivity contribution in [1.29, 1.82) is 0 Å². The molecule has 22 heavy (non-hydrogen) atoms. The molecule has 0 saturated heterocycles. The number of nitrogens with two attached hydrogens (primary N) is 1. The molecule has 0 saturated carbocycles. The minimum absolute atomic E-state index is 0.0782. The van der Waals surface area contributed by atoms with Crippen LogP contribution in [-0.4, -0.2) is 9.04 Å². The fourth-order valence-electron chi connectivity index (χ4n) is 2.61. The van der Waals surface area contributed by atoms with Crippen LogP contribution in [-0.2, 0) is 9.84 Å². The van der Waals surface area contributed by atoms with Crippen LogP contribution in [0.3, 0.4) is 0 Å². The van der Waals surface area contributed by atoms with E-state index in [1.165, 1.54) is 11.1 Å². The van der Waals surface area contributed by atoms with Crippen molar-refractivity contribution in [2.75, 3.05) is 5.73 Å². The highest BCUT2D eigenvalue weighted by Crippen LogP contribution is 2.34. The van der Waals surface area contributed by atoms with Crippen LogP contribution in [0.4, 0.5) is 5.69 Å². The lowest BCUT2D eigenvalue weighted by molar-refractivity contribution is 0.174. The Morgan fingerprint density at radius 1 is 1.09 bits per heavy atom. The van der Waals surface area contributed by atoms with Crippen LogP contribution >= 0.6 is 0 Å². The van der Waals surface area contributed by atoms with Crippen LogP contribution < -0.4 is 5.73 Å². The summed E-state index contributed by atoms with van der Waals surface area (Å²) in [6.07, 6.45) is 2.36. The first-order valence-corrected chi connectivity index (χ1v) is 10.7. The number of nitrogen functional groups attached to an aromatic ring is 1. The van der Waals surface area contributed by atoms with Gasteiger partial charge in [0.25, 0.3) is 0 Å². The molecule has 0 aliphatic heterocycles. The number of benzene rings is 1. The Kier molecular flexibility index (Phi) is 6.28. The number of anilines is 1. The molecule has 3 heteroatoms. The second-order valence-electron chi connectivity index (χ2n) is 8.71. The molecule has 0 aliphatic carbocycles. The summed E-state index contributed by atoms with van der Waals surface area (Å²) in [5.74, 6) is 0. The SMILES string of the molecule is C[Si](C)OC(CCC(C)(C)C)c1ccc(C(C)(C)C)c(N)c1. The van der Waals surface area contributed by atoms with Crippen LogP contribution in [0.1, 0.15) is 71.6 Å². The van der Waals surface area contributed by atoms with E-state index in [1.807, 2.05) is 0 Å². The first-order chi connectivity index (χ1) is 9.90. The third-order valence-electron chi connectivity index (χ3n) is 3.79. The van der Waals surface area contributed by atoms with Gasteiger partial charge in [-0.15, -0.1) is 0 Å². The first-order valence-electron chi connectivity index (χ1n) is 8.27. The molecule has 1 radical (unpaired) electrons. The average Bonchev–Trinajstić information content (AvgIpc) is 2.31. The van der Waals surface area contributed by atoms with E-state index in [-0.39, 0.29) is 11.5 Å². The van der Waals surface area contributed by atoms with Gasteiger partial charge in [0.15, 0.2) is 0 Å². The van der Waals surface area contributed by atoms with Gasteiger partial charge in [-0.05, 0) is 54.0 Å². The molecular formula is C19H34NOSi. The summed E-state index contributed by atoms with van der Waals surface area (Å²) in [4.78, 5) is 0. The summed E-state index contributed by atoms with van der Waals surface area (Å²) in [6, 6.07) is 6.50. The number of hydrogen-bond acceptors (Lipinski definition) is 2. The van der Waals surface area contributed by atoms with Gasteiger partial charge < -0.3 is 10.2 Å². The summed E-state index contributed by atoms with van der Waals surface area (Å²) < 4.78 is 6.26. The van der Waals surface area contributed by atoms with Gasteiger partial charge in [-0.25, -0.2) is 0 Å². The molecule has 2 nitrogen and oxygen atoms in total. The smallest absolute Gasteiger partial charge is 0.205 e. The maximum atomic E-state index is 6.31. The molecule has 0 aromatic heterocycles. The minimum atomic E-state index is -0.739. The zero-order chi connectivity index (χ0) is 17.1. The lowest BCUT2D eigenvalue weighted by atomic mass is 9.84. The first kappa shape index (κ1) is 19.2. The fourth-order valence-corrected chi connectivity index (χ4v) is 3.43. The Morgan fingerprint density at radius 2 is 1.68 bits per heavy atom. The maximum absolute atomic E-state index is 6.31. The molecule has 125 valence electrons. The molecule has 0 spiro atoms. The number of rotatable bonds is 5. The molecule has 2 N–H and O–H groups in total. The topological polar surface area (TPSA) is 35.2 Å². The minimum Gasteiger partial charge on any atom is -0.410 e. The van der Waals surface area contributed by atoms with Crippen molar-refractivity contribution in [1.82, 2.24) is 0 Å². The largest absolute Gasteiger partial charge is 0.410 e. The molecule has 1 aromatic carbocycles. The van der Waals surface area contributed by atoms with Crippen LogP contribution in [0.25, 0.3) is 0 Å². The molecule has 1 rings (SSSR count). The zero-order valence-electron chi connectivity index (χ0n) is 15.7. The van der Waals surface area contributed by atoms with Crippen molar-refractivity contribution in [2.24, 2.45) is 5.41 Å². The predicted molar refractivity (Wildman–Crippen MR) is 99.6 cm³/mol. The van der Waals surface area contributed by atoms with E-state index in [9.17, 15) is 0 Å². The van der Waals surface area contributed by atoms with Crippen LogP contribution in [0.5, 0.6) is 0 Å². The van der Waals surface area contributed by atoms with E-state index < -0.39 is 9.04 Å². The van der Waals surface area contributed by atoms with Crippen molar-refractivity contribution < 1.29 is 4.43 Å². The van der Waals surface area contributed by atoms with E-state index in [0.717, 1.165) is 18.5 Å². The van der Waals surface area contributed by atoms with Gasteiger partial charge in [0.05, 0.1) is 6.10 Å². The van der Waals surface area contributed by atoms with Crippen molar-refractivity contribution in [2.45, 2.75) is 79.0 Å². The lowest BCUT2D eigenvalue weighted by Crippen LogP contribution is -2.18. The highest BCUT2D eigenvalue weighted by Gasteiger charge is 2.22. The van der Waals surface area contributed by atoms with Crippen molar-refractivity contribution >= 4 is 14.7 Å². The summed E-state index contributed by atoms with van der Waals surface area (Å²) in [5.41, 5.74) is 10.0. The third kappa shape index (κ3) is 6.13. The van der Waals surface area contributed by atoms with Gasteiger partial charge >= 0.3 is 0 Å². The van der Waals surface area contributed by atoms with Crippen molar-refractivity contribution in [3.05, 3.63) is 29.3 Å². The molecule has 0 bridgehead atoms. The summed E-state index contributed by atoms with van der Waals surface area (Å²) in [7, 11) is -0.739. The van der Waals surface area contributed by atoms with Gasteiger partial charge in [0.2, 0.25) is 9.04 Å². The van der Waals surface area contributed by atoms with Crippen LogP contribution in [0.2, 0.25) is 13.1 Å². The molecule has 0 aliphatic rings. The van der Waals surface area contributed by atoms with Gasteiger partial charge in [0, 0.05) is 5.69 Å².